The van der Waals surface area contributed by atoms with Gasteiger partial charge in [-0.25, -0.2) is 0 Å². The predicted octanol–water partition coefficient (Wildman–Crippen LogP) is 3.31. The minimum Gasteiger partial charge on any atom is -0.323 e. The Balaban J connectivity index is 2.17. The molecule has 0 saturated heterocycles. The van der Waals surface area contributed by atoms with Crippen molar-refractivity contribution in [2.24, 2.45) is 5.73 Å². The quantitative estimate of drug-likeness (QED) is 0.902. The van der Waals surface area contributed by atoms with Gasteiger partial charge in [0.1, 0.15) is 0 Å². The van der Waals surface area contributed by atoms with E-state index in [-0.39, 0.29) is 6.04 Å². The molecule has 2 nitrogen and oxygen atoms in total. The van der Waals surface area contributed by atoms with Crippen molar-refractivity contribution in [2.75, 3.05) is 0 Å². The summed E-state index contributed by atoms with van der Waals surface area (Å²) < 4.78 is 0. The zero-order valence-corrected chi connectivity index (χ0v) is 11.3. The van der Waals surface area contributed by atoms with Gasteiger partial charge in [-0.1, -0.05) is 6.07 Å². The molecule has 2 N–H and O–H groups in total. The van der Waals surface area contributed by atoms with Crippen LogP contribution in [0.4, 0.5) is 0 Å². The van der Waals surface area contributed by atoms with Gasteiger partial charge in [-0.2, -0.15) is 0 Å². The first kappa shape index (κ1) is 12.3. The standard InChI is InChI=1S/C14H18N2S/c1-9-5-4-6-16-13(9)8-12(15)14-7-10(2)11(3)17-14/h4-7,12H,8,15H2,1-3H3. The van der Waals surface area contributed by atoms with Gasteiger partial charge in [-0.05, 0) is 44.0 Å². The van der Waals surface area contributed by atoms with E-state index < -0.39 is 0 Å². The van der Waals surface area contributed by atoms with Crippen molar-refractivity contribution in [2.45, 2.75) is 33.2 Å². The molecule has 0 aliphatic rings. The van der Waals surface area contributed by atoms with E-state index in [4.69, 9.17) is 5.73 Å². The number of hydrogen-bond donors (Lipinski definition) is 1. The van der Waals surface area contributed by atoms with E-state index in [1.54, 1.807) is 11.3 Å². The van der Waals surface area contributed by atoms with Crippen molar-refractivity contribution < 1.29 is 0 Å². The Hall–Kier alpha value is -1.19. The van der Waals surface area contributed by atoms with Crippen LogP contribution in [0.3, 0.4) is 0 Å². The maximum atomic E-state index is 6.25. The monoisotopic (exact) mass is 246 g/mol. The van der Waals surface area contributed by atoms with Gasteiger partial charge in [-0.3, -0.25) is 4.98 Å². The number of aryl methyl sites for hydroxylation is 3. The van der Waals surface area contributed by atoms with Crippen LogP contribution < -0.4 is 5.73 Å². The summed E-state index contributed by atoms with van der Waals surface area (Å²) in [5.41, 5.74) is 9.90. The Morgan fingerprint density at radius 2 is 2.06 bits per heavy atom. The van der Waals surface area contributed by atoms with Crippen LogP contribution in [0.25, 0.3) is 0 Å². The molecule has 0 aromatic carbocycles. The molecule has 0 radical (unpaired) electrons. The molecule has 3 heteroatoms. The maximum absolute atomic E-state index is 6.25. The summed E-state index contributed by atoms with van der Waals surface area (Å²) in [6, 6.07) is 6.30. The molecule has 1 atom stereocenters. The summed E-state index contributed by atoms with van der Waals surface area (Å²) >= 11 is 1.79. The second-order valence-electron chi connectivity index (χ2n) is 4.47. The first-order chi connectivity index (χ1) is 8.08. The predicted molar refractivity (Wildman–Crippen MR) is 73.4 cm³/mol. The summed E-state index contributed by atoms with van der Waals surface area (Å²) in [6.45, 7) is 6.36. The minimum absolute atomic E-state index is 0.0565. The minimum atomic E-state index is 0.0565. The van der Waals surface area contributed by atoms with Gasteiger partial charge in [0.15, 0.2) is 0 Å². The molecule has 0 aliphatic carbocycles. The Bertz CT molecular complexity index is 497. The normalized spacial score (nSPS) is 12.7. The van der Waals surface area contributed by atoms with Crippen LogP contribution in [0.2, 0.25) is 0 Å². The third-order valence-corrected chi connectivity index (χ3v) is 4.37. The number of nitrogens with two attached hydrogens (primary N) is 1. The van der Waals surface area contributed by atoms with Crippen LogP contribution >= 0.6 is 11.3 Å². The molecule has 2 rings (SSSR count). The van der Waals surface area contributed by atoms with Gasteiger partial charge in [0, 0.05) is 34.1 Å². The zero-order valence-electron chi connectivity index (χ0n) is 10.5. The average Bonchev–Trinajstić information content (AvgIpc) is 2.63. The van der Waals surface area contributed by atoms with Gasteiger partial charge in [0.2, 0.25) is 0 Å². The molecule has 2 aromatic heterocycles. The van der Waals surface area contributed by atoms with Crippen molar-refractivity contribution >= 4 is 11.3 Å². The molecule has 0 spiro atoms. The van der Waals surface area contributed by atoms with Crippen LogP contribution in [0.15, 0.2) is 24.4 Å². The van der Waals surface area contributed by atoms with Gasteiger partial charge < -0.3 is 5.73 Å². The van der Waals surface area contributed by atoms with Crippen LogP contribution in [-0.4, -0.2) is 4.98 Å². The van der Waals surface area contributed by atoms with E-state index in [2.05, 4.69) is 37.9 Å². The number of thiophene rings is 1. The van der Waals surface area contributed by atoms with Crippen molar-refractivity contribution in [1.29, 1.82) is 0 Å². The second-order valence-corrected chi connectivity index (χ2v) is 5.75. The fraction of sp³-hybridized carbons (Fsp3) is 0.357. The van der Waals surface area contributed by atoms with Gasteiger partial charge in [0.25, 0.3) is 0 Å². The molecule has 1 unspecified atom stereocenters. The van der Waals surface area contributed by atoms with E-state index in [1.165, 1.54) is 20.9 Å². The molecule has 0 fully saturated rings. The second kappa shape index (κ2) is 4.98. The smallest absolute Gasteiger partial charge is 0.0451 e. The third-order valence-electron chi connectivity index (χ3n) is 3.08. The van der Waals surface area contributed by atoms with Crippen molar-refractivity contribution in [3.05, 3.63) is 51.0 Å². The van der Waals surface area contributed by atoms with E-state index >= 15 is 0 Å². The molecule has 90 valence electrons. The highest BCUT2D eigenvalue weighted by molar-refractivity contribution is 7.12. The Kier molecular flexibility index (Phi) is 3.60. The number of rotatable bonds is 3. The molecule has 0 bridgehead atoms. The summed E-state index contributed by atoms with van der Waals surface area (Å²) in [7, 11) is 0. The Morgan fingerprint density at radius 1 is 1.29 bits per heavy atom. The molecular formula is C14H18N2S. The van der Waals surface area contributed by atoms with Gasteiger partial charge >= 0.3 is 0 Å². The summed E-state index contributed by atoms with van der Waals surface area (Å²) in [6.07, 6.45) is 2.64. The third kappa shape index (κ3) is 2.73. The van der Waals surface area contributed by atoms with E-state index in [1.807, 2.05) is 12.3 Å². The first-order valence-electron chi connectivity index (χ1n) is 5.81. The Morgan fingerprint density at radius 3 is 2.65 bits per heavy atom. The highest BCUT2D eigenvalue weighted by Crippen LogP contribution is 2.27. The molecule has 2 heterocycles. The lowest BCUT2D eigenvalue weighted by Gasteiger charge is -2.10. The van der Waals surface area contributed by atoms with Gasteiger partial charge in [-0.15, -0.1) is 11.3 Å². The summed E-state index contributed by atoms with van der Waals surface area (Å²) in [4.78, 5) is 7.01. The average molecular weight is 246 g/mol. The van der Waals surface area contributed by atoms with E-state index in [0.29, 0.717) is 0 Å². The Labute approximate surface area is 107 Å². The zero-order chi connectivity index (χ0) is 12.4. The van der Waals surface area contributed by atoms with Crippen molar-refractivity contribution in [3.63, 3.8) is 0 Å². The molecule has 0 aliphatic heterocycles. The summed E-state index contributed by atoms with van der Waals surface area (Å²) in [5.74, 6) is 0. The molecule has 17 heavy (non-hydrogen) atoms. The highest BCUT2D eigenvalue weighted by atomic mass is 32.1. The summed E-state index contributed by atoms with van der Waals surface area (Å²) in [5, 5.41) is 0. The van der Waals surface area contributed by atoms with E-state index in [9.17, 15) is 0 Å². The van der Waals surface area contributed by atoms with E-state index in [0.717, 1.165) is 12.1 Å². The largest absolute Gasteiger partial charge is 0.323 e. The number of nitrogens with zero attached hydrogens (tertiary/aromatic N) is 1. The number of pyridine rings is 1. The fourth-order valence-electron chi connectivity index (χ4n) is 1.83. The molecule has 0 saturated carbocycles. The van der Waals surface area contributed by atoms with Crippen LogP contribution in [0.1, 0.15) is 32.6 Å². The van der Waals surface area contributed by atoms with Crippen LogP contribution in [0.5, 0.6) is 0 Å². The van der Waals surface area contributed by atoms with Crippen molar-refractivity contribution in [1.82, 2.24) is 4.98 Å². The fourth-order valence-corrected chi connectivity index (χ4v) is 2.87. The molecule has 0 amide bonds. The van der Waals surface area contributed by atoms with Gasteiger partial charge in [0.05, 0.1) is 0 Å². The maximum Gasteiger partial charge on any atom is 0.0451 e. The molecular weight excluding hydrogens is 228 g/mol. The van der Waals surface area contributed by atoms with Crippen LogP contribution in [0, 0.1) is 20.8 Å². The highest BCUT2D eigenvalue weighted by Gasteiger charge is 2.12. The number of hydrogen-bond acceptors (Lipinski definition) is 3. The first-order valence-corrected chi connectivity index (χ1v) is 6.62. The lowest BCUT2D eigenvalue weighted by molar-refractivity contribution is 0.715. The van der Waals surface area contributed by atoms with Crippen molar-refractivity contribution in [3.8, 4) is 0 Å². The topological polar surface area (TPSA) is 38.9 Å². The lowest BCUT2D eigenvalue weighted by Crippen LogP contribution is -2.13. The van der Waals surface area contributed by atoms with Crippen LogP contribution in [-0.2, 0) is 6.42 Å². The lowest BCUT2D eigenvalue weighted by atomic mass is 10.1. The number of aromatic nitrogens is 1. The molecule has 2 aromatic rings. The SMILES string of the molecule is Cc1cccnc1CC(N)c1cc(C)c(C)s1.